The van der Waals surface area contributed by atoms with Crippen LogP contribution in [-0.4, -0.2) is 11.8 Å². The molecule has 0 heterocycles. The molecule has 25 heavy (non-hydrogen) atoms. The van der Waals surface area contributed by atoms with Gasteiger partial charge in [-0.25, -0.2) is 0 Å². The van der Waals surface area contributed by atoms with E-state index in [0.29, 0.717) is 0 Å². The fourth-order valence-corrected chi connectivity index (χ4v) is 2.86. The highest BCUT2D eigenvalue weighted by Gasteiger charge is 2.33. The van der Waals surface area contributed by atoms with Gasteiger partial charge in [-0.05, 0) is 41.1 Å². The Hall–Kier alpha value is -1.74. The lowest BCUT2D eigenvalue weighted by Gasteiger charge is -2.31. The van der Waals surface area contributed by atoms with E-state index < -0.39 is 0 Å². The van der Waals surface area contributed by atoms with E-state index in [1.165, 1.54) is 0 Å². The summed E-state index contributed by atoms with van der Waals surface area (Å²) in [6, 6.07) is 0.0155. The van der Waals surface area contributed by atoms with Crippen molar-refractivity contribution in [2.75, 3.05) is 0 Å². The first-order chi connectivity index (χ1) is 11.5. The summed E-state index contributed by atoms with van der Waals surface area (Å²) in [7, 11) is 0. The Morgan fingerprint density at radius 1 is 1.08 bits per heavy atom. The SMILES string of the molecule is CC(C)(C)C1=CC(=CN=NC2C=CC(Cl)=CC2)C=C(C(C)(C)C)C1=O. The van der Waals surface area contributed by atoms with Gasteiger partial charge in [0.2, 0.25) is 0 Å². The highest BCUT2D eigenvalue weighted by molar-refractivity contribution is 6.31. The fraction of sp³-hybridized carbons (Fsp3) is 0.476. The molecule has 2 aliphatic carbocycles. The third-order valence-corrected chi connectivity index (χ3v) is 4.46. The standard InChI is InChI=1S/C21H27ClN2O/c1-20(2,3)17-11-14(12-18(19(17)25)21(4,5)6)13-23-24-16-9-7-15(22)8-10-16/h7-9,11-13,16H,10H2,1-6H3. The number of azo groups is 1. The van der Waals surface area contributed by atoms with E-state index in [2.05, 4.69) is 51.8 Å². The van der Waals surface area contributed by atoms with Crippen molar-refractivity contribution in [3.63, 3.8) is 0 Å². The Balaban J connectivity index is 2.30. The Morgan fingerprint density at radius 3 is 2.08 bits per heavy atom. The van der Waals surface area contributed by atoms with Crippen molar-refractivity contribution >= 4 is 17.4 Å². The lowest BCUT2D eigenvalue weighted by molar-refractivity contribution is -0.114. The number of halogens is 1. The van der Waals surface area contributed by atoms with Gasteiger partial charge in [-0.1, -0.05) is 65.3 Å². The Kier molecular flexibility index (Phi) is 5.68. The monoisotopic (exact) mass is 358 g/mol. The summed E-state index contributed by atoms with van der Waals surface area (Å²) in [6.45, 7) is 12.4. The maximum absolute atomic E-state index is 12.9. The van der Waals surface area contributed by atoms with Crippen molar-refractivity contribution in [1.29, 1.82) is 0 Å². The summed E-state index contributed by atoms with van der Waals surface area (Å²) >= 11 is 5.91. The number of hydrogen-bond acceptors (Lipinski definition) is 3. The van der Waals surface area contributed by atoms with Gasteiger partial charge in [-0.2, -0.15) is 10.2 Å². The Morgan fingerprint density at radius 2 is 1.64 bits per heavy atom. The van der Waals surface area contributed by atoms with Crippen LogP contribution in [0.3, 0.4) is 0 Å². The van der Waals surface area contributed by atoms with Crippen LogP contribution in [0.1, 0.15) is 48.0 Å². The van der Waals surface area contributed by atoms with Crippen LogP contribution in [0.2, 0.25) is 0 Å². The minimum atomic E-state index is -0.217. The number of rotatable bonds is 2. The third-order valence-electron chi connectivity index (χ3n) is 4.18. The molecule has 1 unspecified atom stereocenters. The van der Waals surface area contributed by atoms with E-state index in [1.54, 1.807) is 6.20 Å². The molecule has 0 aromatic carbocycles. The zero-order valence-corrected chi connectivity index (χ0v) is 16.7. The highest BCUT2D eigenvalue weighted by atomic mass is 35.5. The zero-order valence-electron chi connectivity index (χ0n) is 15.9. The van der Waals surface area contributed by atoms with Crippen molar-refractivity contribution in [2.24, 2.45) is 21.1 Å². The number of Topliss-reactive ketones (excluding diaryl/α,β-unsaturated/α-hetero) is 1. The number of hydrogen-bond donors (Lipinski definition) is 0. The average molecular weight is 359 g/mol. The average Bonchev–Trinajstić information content (AvgIpc) is 2.48. The summed E-state index contributed by atoms with van der Waals surface area (Å²) in [5.41, 5.74) is 2.10. The van der Waals surface area contributed by atoms with Crippen LogP contribution >= 0.6 is 11.6 Å². The van der Waals surface area contributed by atoms with Crippen LogP contribution in [0.4, 0.5) is 0 Å². The summed E-state index contributed by atoms with van der Waals surface area (Å²) in [6.07, 6.45) is 12.1. The first-order valence-corrected chi connectivity index (χ1v) is 8.99. The topological polar surface area (TPSA) is 41.8 Å². The van der Waals surface area contributed by atoms with Crippen molar-refractivity contribution in [2.45, 2.75) is 54.0 Å². The maximum atomic E-state index is 12.9. The van der Waals surface area contributed by atoms with Gasteiger partial charge in [0.25, 0.3) is 0 Å². The second-order valence-electron chi connectivity index (χ2n) is 8.56. The molecule has 0 aromatic heterocycles. The molecular weight excluding hydrogens is 332 g/mol. The molecule has 0 aliphatic heterocycles. The molecule has 0 radical (unpaired) electrons. The fourth-order valence-electron chi connectivity index (χ4n) is 2.69. The van der Waals surface area contributed by atoms with E-state index in [0.717, 1.165) is 28.2 Å². The van der Waals surface area contributed by atoms with Gasteiger partial charge in [-0.3, -0.25) is 4.79 Å². The van der Waals surface area contributed by atoms with Gasteiger partial charge in [0.1, 0.15) is 0 Å². The van der Waals surface area contributed by atoms with Crippen molar-refractivity contribution in [3.05, 3.63) is 58.3 Å². The van der Waals surface area contributed by atoms with Crippen LogP contribution < -0.4 is 0 Å². The second kappa shape index (κ2) is 7.25. The van der Waals surface area contributed by atoms with Crippen LogP contribution in [0.15, 0.2) is 68.6 Å². The highest BCUT2D eigenvalue weighted by Crippen LogP contribution is 2.38. The number of nitrogens with zero attached hydrogens (tertiary/aromatic N) is 2. The molecule has 2 aliphatic rings. The lowest BCUT2D eigenvalue weighted by Crippen LogP contribution is -2.27. The number of carbonyl (C=O) groups is 1. The molecule has 0 saturated carbocycles. The third kappa shape index (κ3) is 5.12. The minimum Gasteiger partial charge on any atom is -0.289 e. The smallest absolute Gasteiger partial charge is 0.186 e. The quantitative estimate of drug-likeness (QED) is 0.534. The first kappa shape index (κ1) is 19.6. The maximum Gasteiger partial charge on any atom is 0.186 e. The molecule has 3 nitrogen and oxygen atoms in total. The molecule has 0 spiro atoms. The number of allylic oxidation sites excluding steroid dienone is 7. The molecule has 0 fully saturated rings. The summed E-state index contributed by atoms with van der Waals surface area (Å²) in [5, 5.41) is 9.30. The summed E-state index contributed by atoms with van der Waals surface area (Å²) in [4.78, 5) is 12.9. The van der Waals surface area contributed by atoms with Gasteiger partial charge in [0, 0.05) is 16.2 Å². The Labute approximate surface area is 155 Å². The zero-order chi connectivity index (χ0) is 18.8. The molecule has 1 atom stereocenters. The van der Waals surface area contributed by atoms with Crippen LogP contribution in [0.5, 0.6) is 0 Å². The molecular formula is C21H27ClN2O. The van der Waals surface area contributed by atoms with Crippen molar-refractivity contribution < 1.29 is 4.79 Å². The van der Waals surface area contributed by atoms with E-state index in [-0.39, 0.29) is 22.7 Å². The molecule has 134 valence electrons. The second-order valence-corrected chi connectivity index (χ2v) is 8.99. The molecule has 0 saturated heterocycles. The summed E-state index contributed by atoms with van der Waals surface area (Å²) < 4.78 is 0. The minimum absolute atomic E-state index is 0.0155. The molecule has 2 rings (SSSR count). The predicted octanol–water partition coefficient (Wildman–Crippen LogP) is 6.30. The van der Waals surface area contributed by atoms with Crippen LogP contribution in [0, 0.1) is 10.8 Å². The molecule has 4 heteroatoms. The molecule has 0 N–H and O–H groups in total. The summed E-state index contributed by atoms with van der Waals surface area (Å²) in [5.74, 6) is 0.129. The predicted molar refractivity (Wildman–Crippen MR) is 105 cm³/mol. The number of carbonyl (C=O) groups excluding carboxylic acids is 1. The normalized spacial score (nSPS) is 22.0. The lowest BCUT2D eigenvalue weighted by atomic mass is 9.72. The molecule has 0 amide bonds. The van der Waals surface area contributed by atoms with Crippen LogP contribution in [0.25, 0.3) is 0 Å². The molecule has 0 bridgehead atoms. The first-order valence-electron chi connectivity index (χ1n) is 8.61. The van der Waals surface area contributed by atoms with E-state index in [4.69, 9.17) is 11.6 Å². The van der Waals surface area contributed by atoms with Crippen LogP contribution in [-0.2, 0) is 4.79 Å². The van der Waals surface area contributed by atoms with Gasteiger partial charge >= 0.3 is 0 Å². The van der Waals surface area contributed by atoms with Crippen molar-refractivity contribution in [1.82, 2.24) is 0 Å². The Bertz CT molecular complexity index is 699. The number of ketones is 1. The van der Waals surface area contributed by atoms with Gasteiger partial charge in [-0.15, -0.1) is 0 Å². The molecule has 0 aromatic rings. The van der Waals surface area contributed by atoms with Gasteiger partial charge < -0.3 is 0 Å². The van der Waals surface area contributed by atoms with Crippen molar-refractivity contribution in [3.8, 4) is 0 Å². The van der Waals surface area contributed by atoms with E-state index in [9.17, 15) is 4.79 Å². The van der Waals surface area contributed by atoms with E-state index in [1.807, 2.05) is 30.4 Å². The van der Waals surface area contributed by atoms with Gasteiger partial charge in [0.15, 0.2) is 5.78 Å². The largest absolute Gasteiger partial charge is 0.289 e. The van der Waals surface area contributed by atoms with Gasteiger partial charge in [0.05, 0.1) is 12.2 Å². The van der Waals surface area contributed by atoms with E-state index >= 15 is 0 Å².